The van der Waals surface area contributed by atoms with Crippen LogP contribution in [-0.2, 0) is 16.1 Å². The number of hydrogen-bond donors (Lipinski definition) is 1. The third kappa shape index (κ3) is 7.14. The highest BCUT2D eigenvalue weighted by molar-refractivity contribution is 6.36. The second kappa shape index (κ2) is 11.1. The predicted octanol–water partition coefficient (Wildman–Crippen LogP) is 5.83. The Morgan fingerprint density at radius 2 is 1.59 bits per heavy atom. The number of hydrogen-bond acceptors (Lipinski definition) is 3. The number of carbonyl (C=O) groups excluding carboxylic acids is 2. The molecule has 0 saturated carbocycles. The molecule has 1 N–H and O–H groups in total. The van der Waals surface area contributed by atoms with Gasteiger partial charge in [0.1, 0.15) is 11.8 Å². The number of rotatable bonds is 8. The Bertz CT molecular complexity index is 934. The van der Waals surface area contributed by atoms with Crippen LogP contribution in [0.4, 0.5) is 0 Å². The molecule has 0 bridgehead atoms. The van der Waals surface area contributed by atoms with Gasteiger partial charge in [-0.1, -0.05) is 61.3 Å². The lowest BCUT2D eigenvalue weighted by atomic mass is 10.0. The Hall–Kier alpha value is -2.24. The van der Waals surface area contributed by atoms with Crippen LogP contribution in [0.25, 0.3) is 0 Å². The van der Waals surface area contributed by atoms with E-state index in [1.54, 1.807) is 25.1 Å². The summed E-state index contributed by atoms with van der Waals surface area (Å²) in [7, 11) is 0. The van der Waals surface area contributed by atoms with Gasteiger partial charge in [-0.3, -0.25) is 9.59 Å². The summed E-state index contributed by atoms with van der Waals surface area (Å²) in [6.07, 6.45) is 0. The molecule has 2 aromatic rings. The highest BCUT2D eigenvalue weighted by Gasteiger charge is 2.29. The Morgan fingerprint density at radius 3 is 2.16 bits per heavy atom. The summed E-state index contributed by atoms with van der Waals surface area (Å²) < 4.78 is 5.88. The van der Waals surface area contributed by atoms with Crippen LogP contribution in [0.3, 0.4) is 0 Å². The van der Waals surface area contributed by atoms with Crippen molar-refractivity contribution in [2.75, 3.05) is 6.61 Å². The third-order valence-corrected chi connectivity index (χ3v) is 5.66. The maximum atomic E-state index is 13.3. The molecule has 174 valence electrons. The van der Waals surface area contributed by atoms with E-state index in [0.717, 1.165) is 5.56 Å². The highest BCUT2D eigenvalue weighted by atomic mass is 35.5. The van der Waals surface area contributed by atoms with E-state index >= 15 is 0 Å². The van der Waals surface area contributed by atoms with E-state index in [9.17, 15) is 9.59 Å². The molecule has 0 spiro atoms. The number of halogens is 2. The Balaban J connectivity index is 2.29. The van der Waals surface area contributed by atoms with E-state index < -0.39 is 11.6 Å². The van der Waals surface area contributed by atoms with Crippen molar-refractivity contribution in [3.8, 4) is 5.75 Å². The fourth-order valence-electron chi connectivity index (χ4n) is 3.22. The van der Waals surface area contributed by atoms with Crippen molar-refractivity contribution in [1.82, 2.24) is 10.2 Å². The fraction of sp³-hybridized carbons (Fsp3) is 0.440. The number of nitrogens with zero attached hydrogens (tertiary/aromatic N) is 1. The Morgan fingerprint density at radius 1 is 1.00 bits per heavy atom. The first-order chi connectivity index (χ1) is 14.9. The van der Waals surface area contributed by atoms with E-state index in [2.05, 4.69) is 19.2 Å². The van der Waals surface area contributed by atoms with Crippen LogP contribution in [0, 0.1) is 0 Å². The first-order valence-electron chi connectivity index (χ1n) is 10.7. The second-order valence-electron chi connectivity index (χ2n) is 9.12. The molecule has 32 heavy (non-hydrogen) atoms. The summed E-state index contributed by atoms with van der Waals surface area (Å²) >= 11 is 12.7. The van der Waals surface area contributed by atoms with Crippen LogP contribution < -0.4 is 10.1 Å². The number of para-hydroxylation sites is 1. The van der Waals surface area contributed by atoms with Gasteiger partial charge in [0.25, 0.3) is 5.91 Å². The van der Waals surface area contributed by atoms with Gasteiger partial charge in [0.05, 0.1) is 0 Å². The molecule has 0 aliphatic heterocycles. The standard InChI is InChI=1S/C25H32Cl2N2O3/c1-16(2)18-10-7-8-13-22(18)32-15-23(30)29(17(3)24(31)28-25(4,5)6)14-19-20(26)11-9-12-21(19)27/h7-13,16-17H,14-15H2,1-6H3,(H,28,31)/t17-/m0/s1. The first-order valence-corrected chi connectivity index (χ1v) is 11.4. The van der Waals surface area contributed by atoms with Crippen LogP contribution in [0.5, 0.6) is 5.75 Å². The van der Waals surface area contributed by atoms with Crippen LogP contribution in [0.2, 0.25) is 10.0 Å². The molecule has 7 heteroatoms. The molecule has 2 rings (SSSR count). The number of nitrogens with one attached hydrogen (secondary N) is 1. The Kier molecular flexibility index (Phi) is 8.99. The Labute approximate surface area is 201 Å². The molecule has 0 aromatic heterocycles. The van der Waals surface area contributed by atoms with Crippen molar-refractivity contribution in [3.05, 3.63) is 63.6 Å². The second-order valence-corrected chi connectivity index (χ2v) is 9.93. The van der Waals surface area contributed by atoms with Crippen LogP contribution in [0.1, 0.15) is 58.6 Å². The minimum absolute atomic E-state index is 0.0885. The smallest absolute Gasteiger partial charge is 0.261 e. The van der Waals surface area contributed by atoms with Crippen molar-refractivity contribution in [3.63, 3.8) is 0 Å². The molecule has 0 saturated heterocycles. The monoisotopic (exact) mass is 478 g/mol. The van der Waals surface area contributed by atoms with Gasteiger partial charge in [-0.15, -0.1) is 0 Å². The lowest BCUT2D eigenvalue weighted by Gasteiger charge is -2.32. The van der Waals surface area contributed by atoms with Gasteiger partial charge in [0.2, 0.25) is 5.91 Å². The molecule has 2 aromatic carbocycles. The van der Waals surface area contributed by atoms with Gasteiger partial charge in [0, 0.05) is 27.7 Å². The molecule has 0 aliphatic rings. The SMILES string of the molecule is CC(C)c1ccccc1OCC(=O)N(Cc1c(Cl)cccc1Cl)[C@@H](C)C(=O)NC(C)(C)C. The number of carbonyl (C=O) groups is 2. The zero-order chi connectivity index (χ0) is 24.1. The van der Waals surface area contributed by atoms with Crippen molar-refractivity contribution in [2.24, 2.45) is 0 Å². The fourth-order valence-corrected chi connectivity index (χ4v) is 3.74. The zero-order valence-corrected chi connectivity index (χ0v) is 21.1. The van der Waals surface area contributed by atoms with Crippen molar-refractivity contribution in [2.45, 2.75) is 65.6 Å². The van der Waals surface area contributed by atoms with E-state index in [4.69, 9.17) is 27.9 Å². The number of amides is 2. The van der Waals surface area contributed by atoms with E-state index in [1.165, 1.54) is 4.90 Å². The summed E-state index contributed by atoms with van der Waals surface area (Å²) in [5.41, 5.74) is 1.16. The first kappa shape index (κ1) is 26.0. The number of benzene rings is 2. The average molecular weight is 479 g/mol. The predicted molar refractivity (Wildman–Crippen MR) is 130 cm³/mol. The molecule has 0 radical (unpaired) electrons. The largest absolute Gasteiger partial charge is 0.483 e. The molecule has 5 nitrogen and oxygen atoms in total. The van der Waals surface area contributed by atoms with Crippen LogP contribution in [-0.4, -0.2) is 34.9 Å². The maximum absolute atomic E-state index is 13.3. The van der Waals surface area contributed by atoms with Gasteiger partial charge in [-0.05, 0) is 57.4 Å². The van der Waals surface area contributed by atoms with Gasteiger partial charge < -0.3 is 15.0 Å². The molecule has 0 fully saturated rings. The molecule has 2 amide bonds. The lowest BCUT2D eigenvalue weighted by molar-refractivity contribution is -0.142. The quantitative estimate of drug-likeness (QED) is 0.519. The average Bonchev–Trinajstić information content (AvgIpc) is 2.70. The third-order valence-electron chi connectivity index (χ3n) is 4.95. The number of ether oxygens (including phenoxy) is 1. The minimum atomic E-state index is -0.752. The van der Waals surface area contributed by atoms with Gasteiger partial charge in [-0.25, -0.2) is 0 Å². The summed E-state index contributed by atoms with van der Waals surface area (Å²) in [5.74, 6) is 0.293. The van der Waals surface area contributed by atoms with Gasteiger partial charge in [0.15, 0.2) is 6.61 Å². The normalized spacial score (nSPS) is 12.4. The summed E-state index contributed by atoms with van der Waals surface area (Å²) in [4.78, 5) is 27.6. The van der Waals surface area contributed by atoms with Crippen molar-refractivity contribution >= 4 is 35.0 Å². The highest BCUT2D eigenvalue weighted by Crippen LogP contribution is 2.28. The lowest BCUT2D eigenvalue weighted by Crippen LogP contribution is -2.53. The summed E-state index contributed by atoms with van der Waals surface area (Å²) in [6, 6.07) is 12.0. The van der Waals surface area contributed by atoms with Crippen LogP contribution in [0.15, 0.2) is 42.5 Å². The minimum Gasteiger partial charge on any atom is -0.483 e. The molecule has 0 aliphatic carbocycles. The van der Waals surface area contributed by atoms with E-state index in [-0.39, 0.29) is 30.9 Å². The molecular weight excluding hydrogens is 447 g/mol. The molecule has 1 atom stereocenters. The van der Waals surface area contributed by atoms with Crippen molar-refractivity contribution in [1.29, 1.82) is 0 Å². The van der Waals surface area contributed by atoms with E-state index in [0.29, 0.717) is 21.4 Å². The summed E-state index contributed by atoms with van der Waals surface area (Å²) in [5, 5.41) is 3.80. The molecular formula is C25H32Cl2N2O3. The molecule has 0 unspecified atom stereocenters. The van der Waals surface area contributed by atoms with Gasteiger partial charge >= 0.3 is 0 Å². The van der Waals surface area contributed by atoms with Gasteiger partial charge in [-0.2, -0.15) is 0 Å². The zero-order valence-electron chi connectivity index (χ0n) is 19.5. The van der Waals surface area contributed by atoms with Crippen molar-refractivity contribution < 1.29 is 14.3 Å². The topological polar surface area (TPSA) is 58.6 Å². The van der Waals surface area contributed by atoms with Crippen LogP contribution >= 0.6 is 23.2 Å². The van der Waals surface area contributed by atoms with E-state index in [1.807, 2.05) is 45.0 Å². The summed E-state index contributed by atoms with van der Waals surface area (Å²) in [6.45, 7) is 11.4. The maximum Gasteiger partial charge on any atom is 0.261 e. The molecule has 0 heterocycles.